The van der Waals surface area contributed by atoms with Gasteiger partial charge in [0.15, 0.2) is 5.69 Å². The van der Waals surface area contributed by atoms with Gasteiger partial charge < -0.3 is 10.1 Å². The predicted octanol–water partition coefficient (Wildman–Crippen LogP) is 5.05. The number of anilines is 1. The first-order valence-corrected chi connectivity index (χ1v) is 9.90. The molecule has 0 bridgehead atoms. The van der Waals surface area contributed by atoms with E-state index >= 15 is 0 Å². The largest absolute Gasteiger partial charge is 0.491 e. The first kappa shape index (κ1) is 19.5. The van der Waals surface area contributed by atoms with Crippen LogP contribution in [0.15, 0.2) is 91.0 Å². The van der Waals surface area contributed by atoms with E-state index in [2.05, 4.69) is 22.5 Å². The minimum atomic E-state index is -0.271. The molecule has 0 spiro atoms. The molecule has 5 heteroatoms. The molecule has 0 radical (unpaired) electrons. The van der Waals surface area contributed by atoms with Gasteiger partial charge in [0, 0.05) is 12.1 Å². The van der Waals surface area contributed by atoms with Gasteiger partial charge in [-0.1, -0.05) is 60.7 Å². The van der Waals surface area contributed by atoms with Gasteiger partial charge in [-0.05, 0) is 42.8 Å². The number of hydrogen-bond acceptors (Lipinski definition) is 3. The number of para-hydroxylation sites is 3. The van der Waals surface area contributed by atoms with Crippen LogP contribution in [0.25, 0.3) is 5.69 Å². The number of nitrogens with zero attached hydrogens (tertiary/aromatic N) is 2. The number of nitrogens with one attached hydrogen (secondary N) is 1. The third kappa shape index (κ3) is 4.58. The SMILES string of the molecule is Cc1cc(C(=O)Nc2ccccc2OCCc2ccccc2)nn1-c1ccccc1. The summed E-state index contributed by atoms with van der Waals surface area (Å²) in [7, 11) is 0. The summed E-state index contributed by atoms with van der Waals surface area (Å²) < 4.78 is 7.70. The number of benzene rings is 3. The molecule has 30 heavy (non-hydrogen) atoms. The zero-order chi connectivity index (χ0) is 20.8. The fraction of sp³-hybridized carbons (Fsp3) is 0.120. The molecule has 0 aliphatic heterocycles. The maximum absolute atomic E-state index is 12.8. The monoisotopic (exact) mass is 397 g/mol. The molecule has 150 valence electrons. The van der Waals surface area contributed by atoms with Gasteiger partial charge in [-0.25, -0.2) is 4.68 Å². The fourth-order valence-electron chi connectivity index (χ4n) is 3.22. The van der Waals surface area contributed by atoms with Crippen molar-refractivity contribution in [3.8, 4) is 11.4 Å². The number of hydrogen-bond donors (Lipinski definition) is 1. The zero-order valence-corrected chi connectivity index (χ0v) is 16.8. The van der Waals surface area contributed by atoms with Gasteiger partial charge in [0.05, 0.1) is 18.0 Å². The minimum Gasteiger partial charge on any atom is -0.491 e. The zero-order valence-electron chi connectivity index (χ0n) is 16.8. The van der Waals surface area contributed by atoms with Gasteiger partial charge in [0.2, 0.25) is 0 Å². The van der Waals surface area contributed by atoms with Crippen LogP contribution in [-0.2, 0) is 6.42 Å². The Balaban J connectivity index is 1.45. The van der Waals surface area contributed by atoms with Crippen LogP contribution in [0.1, 0.15) is 21.7 Å². The van der Waals surface area contributed by atoms with Crippen LogP contribution in [0.2, 0.25) is 0 Å². The van der Waals surface area contributed by atoms with Gasteiger partial charge in [0.1, 0.15) is 5.75 Å². The Labute approximate surface area is 175 Å². The topological polar surface area (TPSA) is 56.1 Å². The molecule has 0 fully saturated rings. The maximum atomic E-state index is 12.8. The molecule has 0 atom stereocenters. The van der Waals surface area contributed by atoms with Crippen LogP contribution in [0.5, 0.6) is 5.75 Å². The van der Waals surface area contributed by atoms with E-state index in [-0.39, 0.29) is 5.91 Å². The van der Waals surface area contributed by atoms with Crippen molar-refractivity contribution >= 4 is 11.6 Å². The Hall–Kier alpha value is -3.86. The maximum Gasteiger partial charge on any atom is 0.276 e. The van der Waals surface area contributed by atoms with E-state index < -0.39 is 0 Å². The summed E-state index contributed by atoms with van der Waals surface area (Å²) in [5.74, 6) is 0.368. The lowest BCUT2D eigenvalue weighted by atomic mass is 10.2. The summed E-state index contributed by atoms with van der Waals surface area (Å²) in [4.78, 5) is 12.8. The molecule has 5 nitrogen and oxygen atoms in total. The molecular formula is C25H23N3O2. The summed E-state index contributed by atoms with van der Waals surface area (Å²) in [5.41, 5.74) is 4.00. The van der Waals surface area contributed by atoms with E-state index in [0.717, 1.165) is 17.8 Å². The predicted molar refractivity (Wildman–Crippen MR) is 118 cm³/mol. The second-order valence-electron chi connectivity index (χ2n) is 6.95. The smallest absolute Gasteiger partial charge is 0.276 e. The molecule has 3 aromatic carbocycles. The van der Waals surface area contributed by atoms with E-state index in [1.54, 1.807) is 10.7 Å². The van der Waals surface area contributed by atoms with Crippen molar-refractivity contribution in [3.63, 3.8) is 0 Å². The average molecular weight is 397 g/mol. The minimum absolute atomic E-state index is 0.271. The lowest BCUT2D eigenvalue weighted by Gasteiger charge is -2.12. The van der Waals surface area contributed by atoms with E-state index in [1.807, 2.05) is 79.7 Å². The quantitative estimate of drug-likeness (QED) is 0.474. The van der Waals surface area contributed by atoms with Crippen LogP contribution < -0.4 is 10.1 Å². The second-order valence-corrected chi connectivity index (χ2v) is 6.95. The molecule has 0 saturated carbocycles. The molecule has 0 aliphatic rings. The summed E-state index contributed by atoms with van der Waals surface area (Å²) >= 11 is 0. The average Bonchev–Trinajstić information content (AvgIpc) is 3.18. The Kier molecular flexibility index (Phi) is 5.90. The summed E-state index contributed by atoms with van der Waals surface area (Å²) in [6, 6.07) is 29.1. The molecule has 0 unspecified atom stereocenters. The standard InChI is InChI=1S/C25H23N3O2/c1-19-18-23(27-28(19)21-12-6-3-7-13-21)25(29)26-22-14-8-9-15-24(22)30-17-16-20-10-4-2-5-11-20/h2-15,18H,16-17H2,1H3,(H,26,29). The number of ether oxygens (including phenoxy) is 1. The Morgan fingerprint density at radius 3 is 2.37 bits per heavy atom. The number of aryl methyl sites for hydroxylation is 1. The highest BCUT2D eigenvalue weighted by Crippen LogP contribution is 2.25. The van der Waals surface area contributed by atoms with Crippen LogP contribution in [0.3, 0.4) is 0 Å². The highest BCUT2D eigenvalue weighted by atomic mass is 16.5. The van der Waals surface area contributed by atoms with Crippen LogP contribution in [-0.4, -0.2) is 22.3 Å². The molecule has 0 saturated heterocycles. The molecule has 1 heterocycles. The van der Waals surface area contributed by atoms with Crippen molar-refractivity contribution in [2.24, 2.45) is 0 Å². The van der Waals surface area contributed by atoms with Crippen molar-refractivity contribution in [2.75, 3.05) is 11.9 Å². The molecule has 0 aliphatic carbocycles. The first-order valence-electron chi connectivity index (χ1n) is 9.90. The van der Waals surface area contributed by atoms with E-state index in [0.29, 0.717) is 23.7 Å². The summed E-state index contributed by atoms with van der Waals surface area (Å²) in [6.45, 7) is 2.45. The van der Waals surface area contributed by atoms with Gasteiger partial charge >= 0.3 is 0 Å². The molecule has 4 rings (SSSR count). The third-order valence-electron chi connectivity index (χ3n) is 4.75. The van der Waals surface area contributed by atoms with E-state index in [4.69, 9.17) is 4.74 Å². The Morgan fingerprint density at radius 2 is 1.60 bits per heavy atom. The number of rotatable bonds is 7. The molecule has 1 aromatic heterocycles. The van der Waals surface area contributed by atoms with Crippen molar-refractivity contribution in [1.29, 1.82) is 0 Å². The number of carbonyl (C=O) groups excluding carboxylic acids is 1. The number of carbonyl (C=O) groups is 1. The highest BCUT2D eigenvalue weighted by molar-refractivity contribution is 6.03. The van der Waals surface area contributed by atoms with Crippen molar-refractivity contribution in [1.82, 2.24) is 9.78 Å². The van der Waals surface area contributed by atoms with Crippen LogP contribution in [0.4, 0.5) is 5.69 Å². The molecule has 1 N–H and O–H groups in total. The van der Waals surface area contributed by atoms with Gasteiger partial charge in [-0.2, -0.15) is 5.10 Å². The second kappa shape index (κ2) is 9.09. The van der Waals surface area contributed by atoms with Crippen LogP contribution >= 0.6 is 0 Å². The van der Waals surface area contributed by atoms with Crippen molar-refractivity contribution in [2.45, 2.75) is 13.3 Å². The molecule has 1 amide bonds. The summed E-state index contributed by atoms with van der Waals surface area (Å²) in [6.07, 6.45) is 0.795. The van der Waals surface area contributed by atoms with Gasteiger partial charge in [-0.3, -0.25) is 4.79 Å². The Bertz CT molecular complexity index is 1120. The number of aromatic nitrogens is 2. The van der Waals surface area contributed by atoms with Crippen molar-refractivity contribution < 1.29 is 9.53 Å². The first-order chi connectivity index (χ1) is 14.7. The lowest BCUT2D eigenvalue weighted by molar-refractivity contribution is 0.102. The van der Waals surface area contributed by atoms with E-state index in [9.17, 15) is 4.79 Å². The lowest BCUT2D eigenvalue weighted by Crippen LogP contribution is -2.14. The van der Waals surface area contributed by atoms with Crippen LogP contribution in [0, 0.1) is 6.92 Å². The fourth-order valence-corrected chi connectivity index (χ4v) is 3.22. The molecular weight excluding hydrogens is 374 g/mol. The van der Waals surface area contributed by atoms with Gasteiger partial charge in [0.25, 0.3) is 5.91 Å². The third-order valence-corrected chi connectivity index (χ3v) is 4.75. The normalized spacial score (nSPS) is 10.6. The van der Waals surface area contributed by atoms with Crippen molar-refractivity contribution in [3.05, 3.63) is 108 Å². The van der Waals surface area contributed by atoms with E-state index in [1.165, 1.54) is 5.56 Å². The number of amides is 1. The molecule has 4 aromatic rings. The highest BCUT2D eigenvalue weighted by Gasteiger charge is 2.15. The van der Waals surface area contributed by atoms with Gasteiger partial charge in [-0.15, -0.1) is 0 Å². The Morgan fingerprint density at radius 1 is 0.933 bits per heavy atom. The summed E-state index contributed by atoms with van der Waals surface area (Å²) in [5, 5.41) is 7.40.